The second kappa shape index (κ2) is 5.10. The molecular weight excluding hydrogens is 315 g/mol. The molecular formula is C18H14ClFN2O. The van der Waals surface area contributed by atoms with Gasteiger partial charge >= 0.3 is 0 Å². The van der Waals surface area contributed by atoms with Gasteiger partial charge < -0.3 is 10.3 Å². The van der Waals surface area contributed by atoms with Gasteiger partial charge in [-0.25, -0.2) is 4.39 Å². The van der Waals surface area contributed by atoms with Gasteiger partial charge in [-0.2, -0.15) is 0 Å². The SMILES string of the molecule is O=C(Nc1ccccc1Cl)C1(c2c[nH]c3ccc(F)cc23)CC1. The van der Waals surface area contributed by atoms with Gasteiger partial charge in [0.15, 0.2) is 0 Å². The quantitative estimate of drug-likeness (QED) is 0.723. The van der Waals surface area contributed by atoms with Crippen molar-refractivity contribution < 1.29 is 9.18 Å². The molecule has 4 rings (SSSR count). The smallest absolute Gasteiger partial charge is 0.235 e. The Morgan fingerprint density at radius 2 is 2.00 bits per heavy atom. The molecule has 0 spiro atoms. The highest BCUT2D eigenvalue weighted by molar-refractivity contribution is 6.33. The van der Waals surface area contributed by atoms with E-state index in [2.05, 4.69) is 10.3 Å². The molecule has 1 aliphatic rings. The molecule has 0 bridgehead atoms. The molecule has 2 aromatic carbocycles. The van der Waals surface area contributed by atoms with Crippen LogP contribution in [0.25, 0.3) is 10.9 Å². The van der Waals surface area contributed by atoms with Crippen LogP contribution < -0.4 is 5.32 Å². The molecule has 5 heteroatoms. The van der Waals surface area contributed by atoms with Gasteiger partial charge in [0.25, 0.3) is 0 Å². The standard InChI is InChI=1S/C18H14ClFN2O/c19-14-3-1-2-4-16(14)22-17(23)18(7-8-18)13-10-21-15-6-5-11(20)9-12(13)15/h1-6,9-10,21H,7-8H2,(H,22,23). The minimum atomic E-state index is -0.606. The highest BCUT2D eigenvalue weighted by atomic mass is 35.5. The van der Waals surface area contributed by atoms with E-state index in [0.29, 0.717) is 10.7 Å². The fourth-order valence-corrected chi connectivity index (χ4v) is 3.22. The average molecular weight is 329 g/mol. The Balaban J connectivity index is 1.71. The fraction of sp³-hybridized carbons (Fsp3) is 0.167. The minimum absolute atomic E-state index is 0.101. The van der Waals surface area contributed by atoms with Crippen LogP contribution in [0, 0.1) is 5.82 Å². The molecule has 1 aromatic heterocycles. The average Bonchev–Trinajstić information content (AvgIpc) is 3.24. The van der Waals surface area contributed by atoms with Crippen LogP contribution in [-0.2, 0) is 10.2 Å². The van der Waals surface area contributed by atoms with Gasteiger partial charge in [-0.15, -0.1) is 0 Å². The van der Waals surface area contributed by atoms with Crippen LogP contribution in [0.2, 0.25) is 5.02 Å². The predicted octanol–water partition coefficient (Wildman–Crippen LogP) is 4.63. The zero-order valence-electron chi connectivity index (χ0n) is 12.2. The maximum Gasteiger partial charge on any atom is 0.235 e. The van der Waals surface area contributed by atoms with Crippen LogP contribution in [0.4, 0.5) is 10.1 Å². The molecule has 0 atom stereocenters. The topological polar surface area (TPSA) is 44.9 Å². The highest BCUT2D eigenvalue weighted by Crippen LogP contribution is 2.51. The summed E-state index contributed by atoms with van der Waals surface area (Å²) in [6, 6.07) is 11.7. The van der Waals surface area contributed by atoms with Crippen molar-refractivity contribution in [3.05, 3.63) is 65.1 Å². The van der Waals surface area contributed by atoms with E-state index in [1.54, 1.807) is 18.2 Å². The number of fused-ring (bicyclic) bond motifs is 1. The Morgan fingerprint density at radius 1 is 1.22 bits per heavy atom. The molecule has 116 valence electrons. The van der Waals surface area contributed by atoms with E-state index in [1.165, 1.54) is 12.1 Å². The maximum absolute atomic E-state index is 13.6. The summed E-state index contributed by atoms with van der Waals surface area (Å²) in [4.78, 5) is 15.9. The van der Waals surface area contributed by atoms with Crippen molar-refractivity contribution in [2.24, 2.45) is 0 Å². The van der Waals surface area contributed by atoms with Gasteiger partial charge in [-0.1, -0.05) is 23.7 Å². The molecule has 0 aliphatic heterocycles. The number of hydrogen-bond acceptors (Lipinski definition) is 1. The number of rotatable bonds is 3. The first-order valence-electron chi connectivity index (χ1n) is 7.43. The molecule has 1 aliphatic carbocycles. The van der Waals surface area contributed by atoms with Gasteiger partial charge in [0, 0.05) is 17.1 Å². The Labute approximate surface area is 137 Å². The van der Waals surface area contributed by atoms with E-state index < -0.39 is 5.41 Å². The van der Waals surface area contributed by atoms with Crippen molar-refractivity contribution in [3.63, 3.8) is 0 Å². The summed E-state index contributed by atoms with van der Waals surface area (Å²) in [5.74, 6) is -0.406. The lowest BCUT2D eigenvalue weighted by Crippen LogP contribution is -2.27. The molecule has 1 heterocycles. The molecule has 23 heavy (non-hydrogen) atoms. The monoisotopic (exact) mass is 328 g/mol. The van der Waals surface area contributed by atoms with Gasteiger partial charge in [0.05, 0.1) is 16.1 Å². The predicted molar refractivity (Wildman–Crippen MR) is 89.3 cm³/mol. The molecule has 1 amide bonds. The second-order valence-corrected chi connectivity index (χ2v) is 6.32. The Hall–Kier alpha value is -2.33. The Kier molecular flexibility index (Phi) is 3.16. The number of anilines is 1. The van der Waals surface area contributed by atoms with Crippen LogP contribution in [0.3, 0.4) is 0 Å². The lowest BCUT2D eigenvalue weighted by atomic mass is 9.94. The Morgan fingerprint density at radius 3 is 2.74 bits per heavy atom. The second-order valence-electron chi connectivity index (χ2n) is 5.91. The number of carbonyl (C=O) groups excluding carboxylic acids is 1. The van der Waals surface area contributed by atoms with E-state index in [1.807, 2.05) is 18.3 Å². The normalized spacial score (nSPS) is 15.6. The van der Waals surface area contributed by atoms with Crippen molar-refractivity contribution >= 4 is 34.1 Å². The number of amides is 1. The van der Waals surface area contributed by atoms with Crippen molar-refractivity contribution in [1.82, 2.24) is 4.98 Å². The number of hydrogen-bond donors (Lipinski definition) is 2. The first-order chi connectivity index (χ1) is 11.1. The van der Waals surface area contributed by atoms with E-state index >= 15 is 0 Å². The molecule has 1 saturated carbocycles. The Bertz CT molecular complexity index is 914. The summed E-state index contributed by atoms with van der Waals surface area (Å²) >= 11 is 6.11. The zero-order valence-corrected chi connectivity index (χ0v) is 13.0. The number of aromatic nitrogens is 1. The summed E-state index contributed by atoms with van der Waals surface area (Å²) in [7, 11) is 0. The van der Waals surface area contributed by atoms with Crippen LogP contribution in [0.15, 0.2) is 48.7 Å². The van der Waals surface area contributed by atoms with Gasteiger partial charge in [0.1, 0.15) is 5.82 Å². The van der Waals surface area contributed by atoms with Gasteiger partial charge in [0.2, 0.25) is 5.91 Å². The van der Waals surface area contributed by atoms with Crippen LogP contribution in [-0.4, -0.2) is 10.9 Å². The molecule has 3 nitrogen and oxygen atoms in total. The van der Waals surface area contributed by atoms with Crippen LogP contribution >= 0.6 is 11.6 Å². The summed E-state index contributed by atoms with van der Waals surface area (Å²) in [6.45, 7) is 0. The first kappa shape index (κ1) is 14.3. The molecule has 0 radical (unpaired) electrons. The molecule has 0 unspecified atom stereocenters. The van der Waals surface area contributed by atoms with Crippen molar-refractivity contribution in [3.8, 4) is 0 Å². The number of nitrogens with one attached hydrogen (secondary N) is 2. The number of H-pyrrole nitrogens is 1. The van der Waals surface area contributed by atoms with Gasteiger partial charge in [-0.3, -0.25) is 4.79 Å². The lowest BCUT2D eigenvalue weighted by molar-refractivity contribution is -0.118. The fourth-order valence-electron chi connectivity index (χ4n) is 3.04. The summed E-state index contributed by atoms with van der Waals surface area (Å²) < 4.78 is 13.6. The number of halogens is 2. The third kappa shape index (κ3) is 2.30. The summed E-state index contributed by atoms with van der Waals surface area (Å²) in [5.41, 5.74) is 1.66. The van der Waals surface area contributed by atoms with Crippen LogP contribution in [0.5, 0.6) is 0 Å². The van der Waals surface area contributed by atoms with Crippen molar-refractivity contribution in [2.75, 3.05) is 5.32 Å². The van der Waals surface area contributed by atoms with E-state index in [9.17, 15) is 9.18 Å². The largest absolute Gasteiger partial charge is 0.361 e. The number of carbonyl (C=O) groups is 1. The lowest BCUT2D eigenvalue weighted by Gasteiger charge is -2.15. The molecule has 3 aromatic rings. The van der Waals surface area contributed by atoms with Crippen molar-refractivity contribution in [1.29, 1.82) is 0 Å². The number of benzene rings is 2. The third-order valence-electron chi connectivity index (χ3n) is 4.47. The van der Waals surface area contributed by atoms with Gasteiger partial charge in [-0.05, 0) is 48.7 Å². The minimum Gasteiger partial charge on any atom is -0.361 e. The highest BCUT2D eigenvalue weighted by Gasteiger charge is 2.52. The van der Waals surface area contributed by atoms with Crippen LogP contribution in [0.1, 0.15) is 18.4 Å². The molecule has 2 N–H and O–H groups in total. The zero-order chi connectivity index (χ0) is 16.0. The van der Waals surface area contributed by atoms with E-state index in [-0.39, 0.29) is 11.7 Å². The molecule has 0 saturated heterocycles. The summed E-state index contributed by atoms with van der Waals surface area (Å²) in [6.07, 6.45) is 3.29. The van der Waals surface area contributed by atoms with Crippen molar-refractivity contribution in [2.45, 2.75) is 18.3 Å². The van der Waals surface area contributed by atoms with E-state index in [4.69, 9.17) is 11.6 Å². The first-order valence-corrected chi connectivity index (χ1v) is 7.81. The maximum atomic E-state index is 13.6. The third-order valence-corrected chi connectivity index (χ3v) is 4.80. The number of aromatic amines is 1. The number of para-hydroxylation sites is 1. The summed E-state index contributed by atoms with van der Waals surface area (Å²) in [5, 5.41) is 4.16. The van der Waals surface area contributed by atoms with E-state index in [0.717, 1.165) is 29.3 Å². The molecule has 1 fully saturated rings.